The highest BCUT2D eigenvalue weighted by atomic mass is 35.5. The minimum absolute atomic E-state index is 0.0760. The molecule has 26 heavy (non-hydrogen) atoms. The summed E-state index contributed by atoms with van der Waals surface area (Å²) in [6, 6.07) is 13.4. The van der Waals surface area contributed by atoms with Crippen LogP contribution in [0.4, 0.5) is 18.9 Å². The molecule has 134 valence electrons. The van der Waals surface area contributed by atoms with Crippen molar-refractivity contribution in [1.29, 1.82) is 0 Å². The van der Waals surface area contributed by atoms with Gasteiger partial charge in [-0.3, -0.25) is 4.79 Å². The predicted octanol–water partition coefficient (Wildman–Crippen LogP) is 4.68. The number of alkyl halides is 3. The first-order valence-corrected chi connectivity index (χ1v) is 7.67. The summed E-state index contributed by atoms with van der Waals surface area (Å²) < 4.78 is 42.0. The number of rotatable bonds is 4. The second-order valence-corrected chi connectivity index (χ2v) is 5.53. The zero-order valence-corrected chi connectivity index (χ0v) is 13.8. The Morgan fingerprint density at radius 2 is 1.88 bits per heavy atom. The molecule has 3 aromatic rings. The minimum Gasteiger partial charge on any atom is -0.406 e. The summed E-state index contributed by atoms with van der Waals surface area (Å²) in [5, 5.41) is 7.05. The molecule has 0 fully saturated rings. The van der Waals surface area contributed by atoms with E-state index >= 15 is 0 Å². The number of amides is 1. The third kappa shape index (κ3) is 4.34. The van der Waals surface area contributed by atoms with Crippen molar-refractivity contribution in [3.05, 3.63) is 71.5 Å². The van der Waals surface area contributed by atoms with E-state index in [4.69, 9.17) is 11.6 Å². The largest absolute Gasteiger partial charge is 0.573 e. The van der Waals surface area contributed by atoms with E-state index in [1.54, 1.807) is 30.5 Å². The number of carbonyl (C=O) groups excluding carboxylic acids is 1. The first kappa shape index (κ1) is 17.8. The monoisotopic (exact) mass is 381 g/mol. The lowest BCUT2D eigenvalue weighted by atomic mass is 10.3. The van der Waals surface area contributed by atoms with Gasteiger partial charge in [-0.15, -0.1) is 13.2 Å². The molecule has 1 aromatic heterocycles. The van der Waals surface area contributed by atoms with E-state index in [9.17, 15) is 18.0 Å². The molecule has 0 spiro atoms. The van der Waals surface area contributed by atoms with Crippen molar-refractivity contribution in [3.8, 4) is 11.4 Å². The molecule has 3 rings (SSSR count). The number of para-hydroxylation sites is 1. The van der Waals surface area contributed by atoms with Gasteiger partial charge in [-0.2, -0.15) is 5.10 Å². The number of hydrogen-bond donors (Lipinski definition) is 1. The maximum atomic E-state index is 12.3. The summed E-state index contributed by atoms with van der Waals surface area (Å²) in [5.41, 5.74) is 0.810. The highest BCUT2D eigenvalue weighted by Crippen LogP contribution is 2.25. The summed E-state index contributed by atoms with van der Waals surface area (Å²) in [7, 11) is 0. The number of aromatic nitrogens is 2. The lowest BCUT2D eigenvalue weighted by molar-refractivity contribution is -0.274. The van der Waals surface area contributed by atoms with Crippen molar-refractivity contribution in [2.24, 2.45) is 0 Å². The normalized spacial score (nSPS) is 11.2. The van der Waals surface area contributed by atoms with Gasteiger partial charge in [0.2, 0.25) is 0 Å². The third-order valence-electron chi connectivity index (χ3n) is 3.25. The zero-order chi connectivity index (χ0) is 18.7. The molecular weight excluding hydrogens is 371 g/mol. The quantitative estimate of drug-likeness (QED) is 0.714. The van der Waals surface area contributed by atoms with Gasteiger partial charge in [-0.25, -0.2) is 4.68 Å². The molecule has 0 bridgehead atoms. The molecular formula is C17H11ClF3N3O2. The molecule has 5 nitrogen and oxygen atoms in total. The van der Waals surface area contributed by atoms with Crippen LogP contribution in [0.3, 0.4) is 0 Å². The number of carbonyl (C=O) groups is 1. The zero-order valence-electron chi connectivity index (χ0n) is 13.0. The molecule has 2 aromatic carbocycles. The molecule has 0 unspecified atom stereocenters. The van der Waals surface area contributed by atoms with E-state index < -0.39 is 18.0 Å². The average molecular weight is 382 g/mol. The van der Waals surface area contributed by atoms with E-state index in [2.05, 4.69) is 15.2 Å². The molecule has 1 amide bonds. The average Bonchev–Trinajstić information content (AvgIpc) is 3.04. The first-order chi connectivity index (χ1) is 12.3. The molecule has 9 heteroatoms. The maximum absolute atomic E-state index is 12.3. The van der Waals surface area contributed by atoms with Crippen LogP contribution in [-0.2, 0) is 0 Å². The van der Waals surface area contributed by atoms with Crippen LogP contribution in [0.1, 0.15) is 10.5 Å². The van der Waals surface area contributed by atoms with E-state index in [1.165, 1.54) is 22.9 Å². The van der Waals surface area contributed by atoms with Crippen molar-refractivity contribution < 1.29 is 22.7 Å². The number of benzene rings is 2. The van der Waals surface area contributed by atoms with Crippen molar-refractivity contribution in [2.45, 2.75) is 6.36 Å². The minimum atomic E-state index is -4.81. The molecule has 0 atom stereocenters. The Kier molecular flexibility index (Phi) is 4.85. The third-order valence-corrected chi connectivity index (χ3v) is 3.57. The van der Waals surface area contributed by atoms with Crippen LogP contribution in [0.15, 0.2) is 60.8 Å². The Labute approximate surface area is 151 Å². The van der Waals surface area contributed by atoms with Gasteiger partial charge >= 0.3 is 6.36 Å². The van der Waals surface area contributed by atoms with E-state index in [-0.39, 0.29) is 11.4 Å². The maximum Gasteiger partial charge on any atom is 0.573 e. The molecule has 0 radical (unpaired) electrons. The lowest BCUT2D eigenvalue weighted by Gasteiger charge is -2.10. The summed E-state index contributed by atoms with van der Waals surface area (Å²) in [6.07, 6.45) is -3.25. The molecule has 0 aliphatic heterocycles. The number of nitrogens with zero attached hydrogens (tertiary/aromatic N) is 2. The fourth-order valence-electron chi connectivity index (χ4n) is 2.18. The molecule has 1 N–H and O–H groups in total. The van der Waals surface area contributed by atoms with Crippen LogP contribution in [0.2, 0.25) is 5.02 Å². The van der Waals surface area contributed by atoms with Gasteiger partial charge in [-0.05, 0) is 30.3 Å². The smallest absolute Gasteiger partial charge is 0.406 e. The van der Waals surface area contributed by atoms with Crippen LogP contribution < -0.4 is 10.1 Å². The van der Waals surface area contributed by atoms with Gasteiger partial charge in [-0.1, -0.05) is 29.8 Å². The topological polar surface area (TPSA) is 56.1 Å². The highest BCUT2D eigenvalue weighted by Gasteiger charge is 2.31. The fraction of sp³-hybridized carbons (Fsp3) is 0.0588. The van der Waals surface area contributed by atoms with Gasteiger partial charge in [0.15, 0.2) is 5.69 Å². The Morgan fingerprint density at radius 3 is 2.62 bits per heavy atom. The first-order valence-electron chi connectivity index (χ1n) is 7.29. The number of anilines is 1. The van der Waals surface area contributed by atoms with Crippen LogP contribution in [-0.4, -0.2) is 22.1 Å². The van der Waals surface area contributed by atoms with Gasteiger partial charge < -0.3 is 10.1 Å². The van der Waals surface area contributed by atoms with Crippen molar-refractivity contribution in [3.63, 3.8) is 0 Å². The van der Waals surface area contributed by atoms with Crippen LogP contribution >= 0.6 is 11.6 Å². The Bertz CT molecular complexity index is 941. The van der Waals surface area contributed by atoms with Crippen LogP contribution in [0.5, 0.6) is 5.75 Å². The Morgan fingerprint density at radius 1 is 1.12 bits per heavy atom. The van der Waals surface area contributed by atoms with Crippen molar-refractivity contribution >= 4 is 23.2 Å². The van der Waals surface area contributed by atoms with Crippen LogP contribution in [0, 0.1) is 0 Å². The van der Waals surface area contributed by atoms with Crippen molar-refractivity contribution in [1.82, 2.24) is 9.78 Å². The Hall–Kier alpha value is -3.00. The standard InChI is InChI=1S/C17H11ClF3N3O2/c18-13-6-1-2-7-15(13)24-9-8-14(23-24)16(25)22-11-4-3-5-12(10-11)26-17(19,20)21/h1-10H,(H,22,25). The number of ether oxygens (including phenoxy) is 1. The lowest BCUT2D eigenvalue weighted by Crippen LogP contribution is -2.17. The number of hydrogen-bond acceptors (Lipinski definition) is 3. The number of nitrogens with one attached hydrogen (secondary N) is 1. The SMILES string of the molecule is O=C(Nc1cccc(OC(F)(F)F)c1)c1ccn(-c2ccccc2Cl)n1. The second-order valence-electron chi connectivity index (χ2n) is 5.13. The van der Waals surface area contributed by atoms with E-state index in [0.717, 1.165) is 12.1 Å². The van der Waals surface area contributed by atoms with Gasteiger partial charge in [0.25, 0.3) is 5.91 Å². The van der Waals surface area contributed by atoms with Gasteiger partial charge in [0, 0.05) is 18.0 Å². The summed E-state index contributed by atoms with van der Waals surface area (Å²) in [4.78, 5) is 12.3. The number of halogens is 4. The summed E-state index contributed by atoms with van der Waals surface area (Å²) in [6.45, 7) is 0. The second kappa shape index (κ2) is 7.09. The summed E-state index contributed by atoms with van der Waals surface area (Å²) >= 11 is 6.08. The molecule has 0 saturated heterocycles. The molecule has 0 aliphatic carbocycles. The highest BCUT2D eigenvalue weighted by molar-refractivity contribution is 6.32. The van der Waals surface area contributed by atoms with E-state index in [1.807, 2.05) is 0 Å². The molecule has 0 aliphatic rings. The van der Waals surface area contributed by atoms with Crippen LogP contribution in [0.25, 0.3) is 5.69 Å². The molecule has 0 saturated carbocycles. The van der Waals surface area contributed by atoms with Gasteiger partial charge in [0.05, 0.1) is 10.7 Å². The fourth-order valence-corrected chi connectivity index (χ4v) is 2.41. The predicted molar refractivity (Wildman–Crippen MR) is 89.7 cm³/mol. The molecule has 1 heterocycles. The van der Waals surface area contributed by atoms with Gasteiger partial charge in [0.1, 0.15) is 5.75 Å². The summed E-state index contributed by atoms with van der Waals surface area (Å²) in [5.74, 6) is -1.02. The Balaban J connectivity index is 1.75. The van der Waals surface area contributed by atoms with Crippen molar-refractivity contribution in [2.75, 3.05) is 5.32 Å². The van der Waals surface area contributed by atoms with E-state index in [0.29, 0.717) is 10.7 Å².